The largest absolute Gasteiger partial charge is 0.484 e. The van der Waals surface area contributed by atoms with Gasteiger partial charge in [0.05, 0.1) is 0 Å². The third-order valence-corrected chi connectivity index (χ3v) is 1.80. The Morgan fingerprint density at radius 1 is 1.46 bits per heavy atom. The standard InChI is InChI=1S/C10H11ClO2/c1-2-8-5-3-4-6-9(8)13-7-10(11)12/h3-6H,2,7H2,1H3. The molecule has 0 unspecified atom stereocenters. The second-order valence-corrected chi connectivity index (χ2v) is 3.03. The van der Waals surface area contributed by atoms with Gasteiger partial charge in [-0.1, -0.05) is 25.1 Å². The van der Waals surface area contributed by atoms with Gasteiger partial charge in [-0.2, -0.15) is 0 Å². The molecular weight excluding hydrogens is 188 g/mol. The van der Waals surface area contributed by atoms with E-state index in [9.17, 15) is 4.79 Å². The zero-order chi connectivity index (χ0) is 9.68. The van der Waals surface area contributed by atoms with Crippen LogP contribution in [0.3, 0.4) is 0 Å². The van der Waals surface area contributed by atoms with Crippen molar-refractivity contribution < 1.29 is 9.53 Å². The molecule has 1 aromatic rings. The van der Waals surface area contributed by atoms with Crippen LogP contribution in [0.25, 0.3) is 0 Å². The smallest absolute Gasteiger partial charge is 0.259 e. The monoisotopic (exact) mass is 198 g/mol. The van der Waals surface area contributed by atoms with Crippen molar-refractivity contribution in [3.8, 4) is 5.75 Å². The minimum absolute atomic E-state index is 0.0709. The van der Waals surface area contributed by atoms with E-state index in [2.05, 4.69) is 0 Å². The van der Waals surface area contributed by atoms with Crippen LogP contribution in [0.4, 0.5) is 0 Å². The summed E-state index contributed by atoms with van der Waals surface area (Å²) in [5, 5.41) is -0.481. The van der Waals surface area contributed by atoms with Crippen LogP contribution in [0.1, 0.15) is 12.5 Å². The van der Waals surface area contributed by atoms with Crippen molar-refractivity contribution in [2.75, 3.05) is 6.61 Å². The molecule has 0 saturated carbocycles. The van der Waals surface area contributed by atoms with Gasteiger partial charge in [0, 0.05) is 0 Å². The van der Waals surface area contributed by atoms with Gasteiger partial charge >= 0.3 is 0 Å². The summed E-state index contributed by atoms with van der Waals surface area (Å²) in [6.07, 6.45) is 0.882. The van der Waals surface area contributed by atoms with Crippen LogP contribution >= 0.6 is 11.6 Å². The van der Waals surface area contributed by atoms with Crippen LogP contribution in [-0.4, -0.2) is 11.8 Å². The highest BCUT2D eigenvalue weighted by Crippen LogP contribution is 2.18. The lowest BCUT2D eigenvalue weighted by atomic mass is 10.1. The summed E-state index contributed by atoms with van der Waals surface area (Å²) in [7, 11) is 0. The third-order valence-electron chi connectivity index (χ3n) is 1.69. The molecular formula is C10H11ClO2. The van der Waals surface area contributed by atoms with Crippen molar-refractivity contribution in [1.82, 2.24) is 0 Å². The van der Waals surface area contributed by atoms with E-state index < -0.39 is 5.24 Å². The number of para-hydroxylation sites is 1. The van der Waals surface area contributed by atoms with Gasteiger partial charge in [0.2, 0.25) is 0 Å². The van der Waals surface area contributed by atoms with Gasteiger partial charge in [-0.25, -0.2) is 0 Å². The molecule has 0 heterocycles. The number of hydrogen-bond acceptors (Lipinski definition) is 2. The number of carbonyl (C=O) groups is 1. The summed E-state index contributed by atoms with van der Waals surface area (Å²) < 4.78 is 5.21. The van der Waals surface area contributed by atoms with Crippen molar-refractivity contribution in [3.63, 3.8) is 0 Å². The van der Waals surface area contributed by atoms with Gasteiger partial charge in [0.15, 0.2) is 6.61 Å². The van der Waals surface area contributed by atoms with Gasteiger partial charge in [-0.3, -0.25) is 4.79 Å². The summed E-state index contributed by atoms with van der Waals surface area (Å²) in [5.74, 6) is 0.735. The first kappa shape index (κ1) is 10.1. The molecule has 0 N–H and O–H groups in total. The van der Waals surface area contributed by atoms with Crippen LogP contribution < -0.4 is 4.74 Å². The zero-order valence-corrected chi connectivity index (χ0v) is 8.17. The molecule has 3 heteroatoms. The number of hydrogen-bond donors (Lipinski definition) is 0. The van der Waals surface area contributed by atoms with E-state index in [1.807, 2.05) is 31.2 Å². The number of benzene rings is 1. The molecule has 13 heavy (non-hydrogen) atoms. The fourth-order valence-electron chi connectivity index (χ4n) is 1.07. The number of aryl methyl sites for hydroxylation is 1. The number of rotatable bonds is 4. The lowest BCUT2D eigenvalue weighted by Crippen LogP contribution is -2.05. The van der Waals surface area contributed by atoms with E-state index in [1.165, 1.54) is 0 Å². The van der Waals surface area contributed by atoms with Gasteiger partial charge in [-0.05, 0) is 29.7 Å². The summed E-state index contributed by atoms with van der Waals surface area (Å²) >= 11 is 5.16. The van der Waals surface area contributed by atoms with Crippen molar-refractivity contribution >= 4 is 16.8 Å². The Kier molecular flexibility index (Phi) is 3.77. The van der Waals surface area contributed by atoms with E-state index in [4.69, 9.17) is 16.3 Å². The first-order chi connectivity index (χ1) is 6.24. The minimum atomic E-state index is -0.481. The Balaban J connectivity index is 2.69. The lowest BCUT2D eigenvalue weighted by Gasteiger charge is -2.07. The van der Waals surface area contributed by atoms with Crippen LogP contribution in [0, 0.1) is 0 Å². The lowest BCUT2D eigenvalue weighted by molar-refractivity contribution is -0.113. The molecule has 0 bridgehead atoms. The maximum atomic E-state index is 10.5. The second kappa shape index (κ2) is 4.87. The SMILES string of the molecule is CCc1ccccc1OCC(=O)Cl. The van der Waals surface area contributed by atoms with E-state index in [0.717, 1.165) is 17.7 Å². The fraction of sp³-hybridized carbons (Fsp3) is 0.300. The first-order valence-electron chi connectivity index (χ1n) is 4.13. The summed E-state index contributed by atoms with van der Waals surface area (Å²) in [6.45, 7) is 1.96. The van der Waals surface area contributed by atoms with Crippen LogP contribution in [0.15, 0.2) is 24.3 Å². The summed E-state index contributed by atoms with van der Waals surface area (Å²) in [5.41, 5.74) is 1.08. The maximum Gasteiger partial charge on any atom is 0.259 e. The van der Waals surface area contributed by atoms with E-state index in [0.29, 0.717) is 0 Å². The quantitative estimate of drug-likeness (QED) is 0.695. The molecule has 0 aromatic heterocycles. The van der Waals surface area contributed by atoms with Crippen LogP contribution in [-0.2, 0) is 11.2 Å². The van der Waals surface area contributed by atoms with Crippen molar-refractivity contribution in [2.24, 2.45) is 0 Å². The Morgan fingerprint density at radius 3 is 2.77 bits per heavy atom. The normalized spacial score (nSPS) is 9.69. The highest BCUT2D eigenvalue weighted by atomic mass is 35.5. The van der Waals surface area contributed by atoms with Crippen LogP contribution in [0.5, 0.6) is 5.75 Å². The molecule has 0 aliphatic rings. The zero-order valence-electron chi connectivity index (χ0n) is 7.42. The van der Waals surface area contributed by atoms with Crippen molar-refractivity contribution in [3.05, 3.63) is 29.8 Å². The minimum Gasteiger partial charge on any atom is -0.484 e. The molecule has 2 nitrogen and oxygen atoms in total. The number of ether oxygens (including phenoxy) is 1. The number of carbonyl (C=O) groups excluding carboxylic acids is 1. The molecule has 0 aliphatic carbocycles. The van der Waals surface area contributed by atoms with E-state index >= 15 is 0 Å². The number of halogens is 1. The topological polar surface area (TPSA) is 26.3 Å². The maximum absolute atomic E-state index is 10.5. The molecule has 1 aromatic carbocycles. The molecule has 0 radical (unpaired) electrons. The highest BCUT2D eigenvalue weighted by molar-refractivity contribution is 6.63. The van der Waals surface area contributed by atoms with Crippen LogP contribution in [0.2, 0.25) is 0 Å². The van der Waals surface area contributed by atoms with E-state index in [-0.39, 0.29) is 6.61 Å². The van der Waals surface area contributed by atoms with Gasteiger partial charge < -0.3 is 4.74 Å². The molecule has 0 amide bonds. The predicted molar refractivity (Wildman–Crippen MR) is 52.2 cm³/mol. The van der Waals surface area contributed by atoms with Gasteiger partial charge in [0.1, 0.15) is 5.75 Å². The average molecular weight is 199 g/mol. The summed E-state index contributed by atoms with van der Waals surface area (Å²) in [6, 6.07) is 7.61. The summed E-state index contributed by atoms with van der Waals surface area (Å²) in [4.78, 5) is 10.5. The fourth-order valence-corrected chi connectivity index (χ4v) is 1.13. The van der Waals surface area contributed by atoms with Gasteiger partial charge in [-0.15, -0.1) is 0 Å². The molecule has 70 valence electrons. The Hall–Kier alpha value is -1.02. The molecule has 0 aliphatic heterocycles. The molecule has 0 saturated heterocycles. The van der Waals surface area contributed by atoms with Crippen molar-refractivity contribution in [2.45, 2.75) is 13.3 Å². The first-order valence-corrected chi connectivity index (χ1v) is 4.51. The highest BCUT2D eigenvalue weighted by Gasteiger charge is 2.02. The predicted octanol–water partition coefficient (Wildman–Crippen LogP) is 2.39. The average Bonchev–Trinajstić information content (AvgIpc) is 2.15. The van der Waals surface area contributed by atoms with Crippen molar-refractivity contribution in [1.29, 1.82) is 0 Å². The Bertz CT molecular complexity index is 297. The third kappa shape index (κ3) is 3.07. The molecule has 0 fully saturated rings. The second-order valence-electron chi connectivity index (χ2n) is 2.61. The molecule has 0 atom stereocenters. The van der Waals surface area contributed by atoms with Gasteiger partial charge in [0.25, 0.3) is 5.24 Å². The Morgan fingerprint density at radius 2 is 2.15 bits per heavy atom. The molecule has 0 spiro atoms. The molecule has 1 rings (SSSR count). The Labute approximate surface area is 82.5 Å². The van der Waals surface area contributed by atoms with E-state index in [1.54, 1.807) is 0 Å².